The van der Waals surface area contributed by atoms with Gasteiger partial charge in [-0.05, 0) is 31.5 Å². The molecule has 0 spiro atoms. The molecule has 1 aromatic rings. The van der Waals surface area contributed by atoms with Gasteiger partial charge in [-0.25, -0.2) is 9.87 Å². The number of amides is 1. The summed E-state index contributed by atoms with van der Waals surface area (Å²) in [7, 11) is 0. The molecule has 0 saturated carbocycles. The molecule has 0 heterocycles. The second kappa shape index (κ2) is 5.58. The van der Waals surface area contributed by atoms with Gasteiger partial charge in [-0.1, -0.05) is 6.07 Å². The highest BCUT2D eigenvalue weighted by molar-refractivity contribution is 5.93. The Morgan fingerprint density at radius 3 is 2.88 bits per heavy atom. The van der Waals surface area contributed by atoms with Crippen molar-refractivity contribution in [2.45, 2.75) is 20.0 Å². The molecule has 0 radical (unpaired) electrons. The molecule has 1 unspecified atom stereocenters. The van der Waals surface area contributed by atoms with Crippen LogP contribution in [0.5, 0.6) is 0 Å². The van der Waals surface area contributed by atoms with Crippen LogP contribution in [0.25, 0.3) is 0 Å². The summed E-state index contributed by atoms with van der Waals surface area (Å²) in [6.07, 6.45) is -0.692. The highest BCUT2D eigenvalue weighted by atomic mass is 19.1. The second-order valence-corrected chi connectivity index (χ2v) is 3.57. The number of hydrogen-bond donors (Lipinski definition) is 2. The summed E-state index contributed by atoms with van der Waals surface area (Å²) in [6.45, 7) is 3.20. The zero-order valence-corrected chi connectivity index (χ0v) is 9.16. The minimum atomic E-state index is -0.692. The van der Waals surface area contributed by atoms with Gasteiger partial charge in [0.2, 0.25) is 0 Å². The highest BCUT2D eigenvalue weighted by Crippen LogP contribution is 2.09. The van der Waals surface area contributed by atoms with Crippen LogP contribution in [0, 0.1) is 12.7 Å². The van der Waals surface area contributed by atoms with Crippen LogP contribution in [0.2, 0.25) is 0 Å². The predicted molar refractivity (Wildman–Crippen MR) is 56.2 cm³/mol. The molecular weight excluding hydrogens is 213 g/mol. The molecule has 2 N–H and O–H groups in total. The van der Waals surface area contributed by atoms with E-state index in [0.717, 1.165) is 5.56 Å². The van der Waals surface area contributed by atoms with Crippen LogP contribution in [-0.4, -0.2) is 23.7 Å². The van der Waals surface area contributed by atoms with Gasteiger partial charge >= 0.3 is 0 Å². The molecule has 0 aliphatic heterocycles. The number of hydrogen-bond acceptors (Lipinski definition) is 3. The molecule has 0 aliphatic carbocycles. The van der Waals surface area contributed by atoms with Crippen molar-refractivity contribution in [1.29, 1.82) is 0 Å². The van der Waals surface area contributed by atoms with Crippen molar-refractivity contribution in [3.05, 3.63) is 35.1 Å². The van der Waals surface area contributed by atoms with Gasteiger partial charge in [0.15, 0.2) is 0 Å². The average Bonchev–Trinajstić information content (AvgIpc) is 2.16. The quantitative estimate of drug-likeness (QED) is 0.759. The van der Waals surface area contributed by atoms with E-state index in [1.807, 2.05) is 0 Å². The molecule has 88 valence electrons. The smallest absolute Gasteiger partial charge is 0.277 e. The number of benzene rings is 1. The van der Waals surface area contributed by atoms with E-state index in [-0.39, 0.29) is 12.2 Å². The molecule has 0 aromatic heterocycles. The van der Waals surface area contributed by atoms with E-state index >= 15 is 0 Å². The Morgan fingerprint density at radius 2 is 2.31 bits per heavy atom. The Morgan fingerprint density at radius 1 is 1.62 bits per heavy atom. The number of nitrogens with one attached hydrogen (secondary N) is 1. The first kappa shape index (κ1) is 12.6. The topological polar surface area (TPSA) is 58.6 Å². The zero-order valence-electron chi connectivity index (χ0n) is 9.16. The van der Waals surface area contributed by atoms with E-state index in [1.54, 1.807) is 13.0 Å². The Kier molecular flexibility index (Phi) is 4.39. The normalized spacial score (nSPS) is 12.2. The summed E-state index contributed by atoms with van der Waals surface area (Å²) >= 11 is 0. The Hall–Kier alpha value is -1.46. The maximum atomic E-state index is 13.3. The number of carbonyl (C=O) groups is 1. The van der Waals surface area contributed by atoms with Gasteiger partial charge in [-0.15, -0.1) is 0 Å². The minimum Gasteiger partial charge on any atom is -0.391 e. The fraction of sp³-hybridized carbons (Fsp3) is 0.364. The number of rotatable bonds is 4. The fourth-order valence-electron chi connectivity index (χ4n) is 1.09. The van der Waals surface area contributed by atoms with Crippen molar-refractivity contribution in [3.63, 3.8) is 0 Å². The maximum absolute atomic E-state index is 13.3. The summed E-state index contributed by atoms with van der Waals surface area (Å²) in [4.78, 5) is 16.1. The first-order chi connectivity index (χ1) is 7.50. The van der Waals surface area contributed by atoms with Crippen molar-refractivity contribution in [2.75, 3.05) is 6.61 Å². The fourth-order valence-corrected chi connectivity index (χ4v) is 1.09. The zero-order chi connectivity index (χ0) is 12.1. The number of carbonyl (C=O) groups excluding carboxylic acids is 1. The molecule has 1 aromatic carbocycles. The average molecular weight is 227 g/mol. The van der Waals surface area contributed by atoms with E-state index in [0.29, 0.717) is 0 Å². The van der Waals surface area contributed by atoms with Crippen molar-refractivity contribution < 1.29 is 19.1 Å². The van der Waals surface area contributed by atoms with E-state index in [9.17, 15) is 9.18 Å². The lowest BCUT2D eigenvalue weighted by atomic mass is 10.1. The molecule has 0 fully saturated rings. The first-order valence-electron chi connectivity index (χ1n) is 4.87. The highest BCUT2D eigenvalue weighted by Gasteiger charge is 2.11. The standard InChI is InChI=1S/C11H14FNO3/c1-7-3-4-9(10(12)5-7)11(15)13-16-6-8(2)14/h3-5,8,14H,6H2,1-2H3,(H,13,15). The number of hydroxylamine groups is 1. The molecule has 1 atom stereocenters. The van der Waals surface area contributed by atoms with Crippen LogP contribution in [0.4, 0.5) is 4.39 Å². The van der Waals surface area contributed by atoms with Crippen LogP contribution in [0.15, 0.2) is 18.2 Å². The number of halogens is 1. The van der Waals surface area contributed by atoms with E-state index in [4.69, 9.17) is 5.11 Å². The van der Waals surface area contributed by atoms with Gasteiger partial charge in [0.05, 0.1) is 11.7 Å². The van der Waals surface area contributed by atoms with Crippen molar-refractivity contribution in [2.24, 2.45) is 0 Å². The SMILES string of the molecule is Cc1ccc(C(=O)NOCC(C)O)c(F)c1. The molecule has 0 aliphatic rings. The van der Waals surface area contributed by atoms with Crippen molar-refractivity contribution in [3.8, 4) is 0 Å². The molecule has 0 bridgehead atoms. The first-order valence-corrected chi connectivity index (χ1v) is 4.87. The Labute approximate surface area is 93.0 Å². The lowest BCUT2D eigenvalue weighted by molar-refractivity contribution is -0.00705. The molecule has 1 rings (SSSR count). The summed E-state index contributed by atoms with van der Waals surface area (Å²) in [5.41, 5.74) is 2.70. The third-order valence-corrected chi connectivity index (χ3v) is 1.86. The van der Waals surface area contributed by atoms with E-state index < -0.39 is 17.8 Å². The minimum absolute atomic E-state index is 0.0424. The summed E-state index contributed by atoms with van der Waals surface area (Å²) in [5.74, 6) is -1.27. The molecule has 16 heavy (non-hydrogen) atoms. The number of aliphatic hydroxyl groups is 1. The summed E-state index contributed by atoms with van der Waals surface area (Å²) in [6, 6.07) is 4.28. The lowest BCUT2D eigenvalue weighted by Crippen LogP contribution is -2.28. The van der Waals surface area contributed by atoms with Crippen LogP contribution < -0.4 is 5.48 Å². The Balaban J connectivity index is 2.59. The third kappa shape index (κ3) is 3.60. The van der Waals surface area contributed by atoms with Crippen molar-refractivity contribution in [1.82, 2.24) is 5.48 Å². The van der Waals surface area contributed by atoms with Crippen LogP contribution in [-0.2, 0) is 4.84 Å². The van der Waals surface area contributed by atoms with Gasteiger partial charge in [-0.2, -0.15) is 0 Å². The Bertz CT molecular complexity index is 379. The molecule has 0 saturated heterocycles. The summed E-state index contributed by atoms with van der Waals surface area (Å²) < 4.78 is 13.3. The molecule has 4 nitrogen and oxygen atoms in total. The third-order valence-electron chi connectivity index (χ3n) is 1.86. The van der Waals surface area contributed by atoms with Gasteiger partial charge in [0.1, 0.15) is 12.4 Å². The van der Waals surface area contributed by atoms with Gasteiger partial charge in [0, 0.05) is 0 Å². The van der Waals surface area contributed by atoms with Gasteiger partial charge < -0.3 is 5.11 Å². The van der Waals surface area contributed by atoms with Gasteiger partial charge in [-0.3, -0.25) is 9.63 Å². The largest absolute Gasteiger partial charge is 0.391 e. The van der Waals surface area contributed by atoms with Crippen LogP contribution in [0.1, 0.15) is 22.8 Å². The lowest BCUT2D eigenvalue weighted by Gasteiger charge is -2.08. The number of aryl methyl sites for hydroxylation is 1. The monoisotopic (exact) mass is 227 g/mol. The summed E-state index contributed by atoms with van der Waals surface area (Å²) in [5, 5.41) is 8.88. The van der Waals surface area contributed by atoms with E-state index in [2.05, 4.69) is 10.3 Å². The molecule has 1 amide bonds. The number of aliphatic hydroxyl groups excluding tert-OH is 1. The predicted octanol–water partition coefficient (Wildman–Crippen LogP) is 1.18. The van der Waals surface area contributed by atoms with Crippen LogP contribution >= 0.6 is 0 Å². The molecular formula is C11H14FNO3. The van der Waals surface area contributed by atoms with Crippen molar-refractivity contribution >= 4 is 5.91 Å². The molecule has 5 heteroatoms. The van der Waals surface area contributed by atoms with Crippen LogP contribution in [0.3, 0.4) is 0 Å². The second-order valence-electron chi connectivity index (χ2n) is 3.57. The van der Waals surface area contributed by atoms with E-state index in [1.165, 1.54) is 19.1 Å². The maximum Gasteiger partial charge on any atom is 0.277 e. The van der Waals surface area contributed by atoms with Gasteiger partial charge in [0.25, 0.3) is 5.91 Å².